The zero-order valence-corrected chi connectivity index (χ0v) is 49.4. The number of carbonyl (C=O) groups is 3. The molecule has 6 heteroatoms. The Morgan fingerprint density at radius 1 is 0.284 bits per heavy atom. The largest absolute Gasteiger partial charge is 0.462 e. The summed E-state index contributed by atoms with van der Waals surface area (Å²) in [5.74, 6) is -0.849. The molecule has 0 aliphatic heterocycles. The summed E-state index contributed by atoms with van der Waals surface area (Å²) in [5, 5.41) is 0. The summed E-state index contributed by atoms with van der Waals surface area (Å²) >= 11 is 0. The smallest absolute Gasteiger partial charge is 0.306 e. The van der Waals surface area contributed by atoms with Crippen molar-refractivity contribution in [1.29, 1.82) is 0 Å². The van der Waals surface area contributed by atoms with Crippen molar-refractivity contribution in [2.24, 2.45) is 0 Å². The second-order valence-electron chi connectivity index (χ2n) is 21.7. The van der Waals surface area contributed by atoms with Crippen LogP contribution >= 0.6 is 0 Å². The molecule has 430 valence electrons. The lowest BCUT2D eigenvalue weighted by Gasteiger charge is -2.18. The van der Waals surface area contributed by atoms with Crippen molar-refractivity contribution in [3.05, 3.63) is 60.8 Å². The summed E-state index contributed by atoms with van der Waals surface area (Å²) in [7, 11) is 0. The summed E-state index contributed by atoms with van der Waals surface area (Å²) < 4.78 is 16.9. The fraction of sp³-hybridized carbons (Fsp3) is 0.809. The predicted octanol–water partition coefficient (Wildman–Crippen LogP) is 21.9. The number of ether oxygens (including phenoxy) is 3. The minimum Gasteiger partial charge on any atom is -0.462 e. The minimum absolute atomic E-state index is 0.0675. The molecule has 0 rings (SSSR count). The van der Waals surface area contributed by atoms with Gasteiger partial charge in [-0.2, -0.15) is 0 Å². The molecule has 0 N–H and O–H groups in total. The van der Waals surface area contributed by atoms with Gasteiger partial charge in [0.1, 0.15) is 13.2 Å². The van der Waals surface area contributed by atoms with Gasteiger partial charge in [0.15, 0.2) is 6.10 Å². The molecule has 0 saturated heterocycles. The summed E-state index contributed by atoms with van der Waals surface area (Å²) in [6.07, 6.45) is 79.6. The van der Waals surface area contributed by atoms with Gasteiger partial charge in [-0.25, -0.2) is 0 Å². The zero-order chi connectivity index (χ0) is 53.6. The first-order valence-corrected chi connectivity index (χ1v) is 32.3. The Hall–Kier alpha value is -2.89. The van der Waals surface area contributed by atoms with Crippen LogP contribution in [0.15, 0.2) is 60.8 Å². The predicted molar refractivity (Wildman–Crippen MR) is 321 cm³/mol. The van der Waals surface area contributed by atoms with E-state index in [-0.39, 0.29) is 31.1 Å². The number of unbranched alkanes of at least 4 members (excludes halogenated alkanes) is 38. The van der Waals surface area contributed by atoms with Crippen molar-refractivity contribution in [2.75, 3.05) is 13.2 Å². The van der Waals surface area contributed by atoms with Crippen LogP contribution in [0.25, 0.3) is 0 Å². The monoisotopic (exact) mass is 1030 g/mol. The Labute approximate surface area is 460 Å². The minimum atomic E-state index is -0.768. The van der Waals surface area contributed by atoms with Crippen LogP contribution in [0, 0.1) is 0 Å². The highest BCUT2D eigenvalue weighted by molar-refractivity contribution is 5.71. The molecule has 1 atom stereocenters. The number of esters is 3. The van der Waals surface area contributed by atoms with E-state index in [1.165, 1.54) is 205 Å². The summed E-state index contributed by atoms with van der Waals surface area (Å²) in [6, 6.07) is 0. The number of hydrogen-bond acceptors (Lipinski definition) is 6. The van der Waals surface area contributed by atoms with Crippen LogP contribution in [0.3, 0.4) is 0 Å². The number of allylic oxidation sites excluding steroid dienone is 10. The molecular formula is C68H122O6. The Balaban J connectivity index is 4.10. The molecule has 74 heavy (non-hydrogen) atoms. The first kappa shape index (κ1) is 71.1. The molecular weight excluding hydrogens is 913 g/mol. The van der Waals surface area contributed by atoms with Gasteiger partial charge in [0.25, 0.3) is 0 Å². The lowest BCUT2D eigenvalue weighted by molar-refractivity contribution is -0.167. The van der Waals surface area contributed by atoms with E-state index in [0.717, 1.165) is 89.9 Å². The van der Waals surface area contributed by atoms with Crippen molar-refractivity contribution < 1.29 is 28.6 Å². The van der Waals surface area contributed by atoms with Gasteiger partial charge in [-0.1, -0.05) is 313 Å². The second-order valence-corrected chi connectivity index (χ2v) is 21.7. The molecule has 6 nitrogen and oxygen atoms in total. The molecule has 0 saturated carbocycles. The molecule has 0 amide bonds. The maximum atomic E-state index is 12.9. The average molecular weight is 1040 g/mol. The van der Waals surface area contributed by atoms with Gasteiger partial charge in [-0.3, -0.25) is 14.4 Å². The quantitative estimate of drug-likeness (QED) is 0.0261. The molecule has 0 bridgehead atoms. The molecule has 0 aromatic rings. The molecule has 0 aromatic carbocycles. The third-order valence-electron chi connectivity index (χ3n) is 14.3. The van der Waals surface area contributed by atoms with E-state index < -0.39 is 6.10 Å². The molecule has 0 aliphatic carbocycles. The van der Waals surface area contributed by atoms with Gasteiger partial charge in [0.2, 0.25) is 0 Å². The van der Waals surface area contributed by atoms with Gasteiger partial charge in [0.05, 0.1) is 0 Å². The molecule has 0 fully saturated rings. The number of carbonyl (C=O) groups excluding carboxylic acids is 3. The highest BCUT2D eigenvalue weighted by atomic mass is 16.6. The van der Waals surface area contributed by atoms with Gasteiger partial charge >= 0.3 is 17.9 Å². The van der Waals surface area contributed by atoms with E-state index in [1.54, 1.807) is 0 Å². The third-order valence-corrected chi connectivity index (χ3v) is 14.3. The summed E-state index contributed by atoms with van der Waals surface area (Å²) in [5.41, 5.74) is 0. The average Bonchev–Trinajstić information content (AvgIpc) is 3.40. The molecule has 0 spiro atoms. The van der Waals surface area contributed by atoms with Crippen molar-refractivity contribution in [3.8, 4) is 0 Å². The Kier molecular flexibility index (Phi) is 60.2. The van der Waals surface area contributed by atoms with Crippen LogP contribution in [0.2, 0.25) is 0 Å². The molecule has 1 unspecified atom stereocenters. The van der Waals surface area contributed by atoms with Crippen LogP contribution in [0.5, 0.6) is 0 Å². The van der Waals surface area contributed by atoms with Crippen molar-refractivity contribution >= 4 is 17.9 Å². The molecule has 0 aliphatic rings. The lowest BCUT2D eigenvalue weighted by atomic mass is 10.0. The molecule has 0 radical (unpaired) electrons. The van der Waals surface area contributed by atoms with E-state index >= 15 is 0 Å². The van der Waals surface area contributed by atoms with Gasteiger partial charge in [-0.05, 0) is 64.2 Å². The fourth-order valence-electron chi connectivity index (χ4n) is 9.47. The van der Waals surface area contributed by atoms with Crippen molar-refractivity contribution in [3.63, 3.8) is 0 Å². The Bertz CT molecular complexity index is 1330. The lowest BCUT2D eigenvalue weighted by Crippen LogP contribution is -2.30. The van der Waals surface area contributed by atoms with Crippen LogP contribution in [0.4, 0.5) is 0 Å². The molecule has 0 heterocycles. The first-order valence-electron chi connectivity index (χ1n) is 32.3. The second kappa shape index (κ2) is 62.6. The zero-order valence-electron chi connectivity index (χ0n) is 49.4. The van der Waals surface area contributed by atoms with E-state index in [9.17, 15) is 14.4 Å². The highest BCUT2D eigenvalue weighted by Crippen LogP contribution is 2.17. The maximum absolute atomic E-state index is 12.9. The number of rotatable bonds is 59. The van der Waals surface area contributed by atoms with Gasteiger partial charge in [-0.15, -0.1) is 0 Å². The van der Waals surface area contributed by atoms with E-state index in [4.69, 9.17) is 14.2 Å². The number of hydrogen-bond donors (Lipinski definition) is 0. The van der Waals surface area contributed by atoms with E-state index in [2.05, 4.69) is 81.5 Å². The topological polar surface area (TPSA) is 78.9 Å². The van der Waals surface area contributed by atoms with Crippen molar-refractivity contribution in [2.45, 2.75) is 341 Å². The summed E-state index contributed by atoms with van der Waals surface area (Å²) in [6.45, 7) is 6.56. The Morgan fingerprint density at radius 2 is 0.527 bits per heavy atom. The Morgan fingerprint density at radius 3 is 0.824 bits per heavy atom. The van der Waals surface area contributed by atoms with Crippen LogP contribution < -0.4 is 0 Å². The third kappa shape index (κ3) is 60.0. The highest BCUT2D eigenvalue weighted by Gasteiger charge is 2.19. The standard InChI is InChI=1S/C68H122O6/c1-4-7-10-13-16-19-22-24-26-27-28-29-30-31-32-33-34-35-36-37-38-39-40-41-43-44-46-49-52-55-58-61-67(70)73-64-65(63-72-66(69)60-57-54-51-48-21-18-15-12-9-6-3)74-68(71)62-59-56-53-50-47-45-42-25-23-20-17-14-11-8-5-2/h7,10,16,19,24,26,28-29,31-32,65H,4-6,8-9,11-15,17-18,20-23,25,27,30,33-64H2,1-3H3/b10-7-,19-16-,26-24-,29-28-,32-31-. The van der Waals surface area contributed by atoms with Crippen molar-refractivity contribution in [1.82, 2.24) is 0 Å². The first-order chi connectivity index (χ1) is 36.5. The maximum Gasteiger partial charge on any atom is 0.306 e. The fourth-order valence-corrected chi connectivity index (χ4v) is 9.47. The molecule has 0 aromatic heterocycles. The van der Waals surface area contributed by atoms with Crippen LogP contribution in [-0.2, 0) is 28.6 Å². The van der Waals surface area contributed by atoms with Crippen LogP contribution in [0.1, 0.15) is 335 Å². The SMILES string of the molecule is CC/C=C\C/C=C\C/C=C\C/C=C\C/C=C\CCCCCCCCCCCCCCCCCC(=O)OCC(COC(=O)CCCCCCCCCCCC)OC(=O)CCCCCCCCCCCCCCCCC. The van der Waals surface area contributed by atoms with Crippen LogP contribution in [-0.4, -0.2) is 37.2 Å². The summed E-state index contributed by atoms with van der Waals surface area (Å²) in [4.78, 5) is 38.2. The normalized spacial score (nSPS) is 12.4. The van der Waals surface area contributed by atoms with Gasteiger partial charge < -0.3 is 14.2 Å². The van der Waals surface area contributed by atoms with Gasteiger partial charge in [0, 0.05) is 19.3 Å². The van der Waals surface area contributed by atoms with E-state index in [1.807, 2.05) is 0 Å². The van der Waals surface area contributed by atoms with E-state index in [0.29, 0.717) is 19.3 Å².